The van der Waals surface area contributed by atoms with Crippen molar-refractivity contribution in [3.63, 3.8) is 0 Å². The van der Waals surface area contributed by atoms with E-state index >= 15 is 0 Å². The van der Waals surface area contributed by atoms with Crippen LogP contribution in [0.2, 0.25) is 0 Å². The first kappa shape index (κ1) is 28.6. The van der Waals surface area contributed by atoms with Crippen molar-refractivity contribution in [2.45, 2.75) is 13.8 Å². The lowest BCUT2D eigenvalue weighted by molar-refractivity contribution is 0.0662. The molecule has 2 aromatic rings. The molecule has 0 aromatic heterocycles. The van der Waals surface area contributed by atoms with Gasteiger partial charge in [-0.15, -0.1) is 0 Å². The van der Waals surface area contributed by atoms with Crippen LogP contribution in [0.5, 0.6) is 0 Å². The Morgan fingerprint density at radius 1 is 0.667 bits per heavy atom. The average molecular weight is 495 g/mol. The average Bonchev–Trinajstić information content (AvgIpc) is 2.87. The highest BCUT2D eigenvalue weighted by molar-refractivity contribution is 5.92. The molecular formula is C28H30O8. The van der Waals surface area contributed by atoms with Crippen molar-refractivity contribution < 1.29 is 38.7 Å². The number of carboxylic acids is 2. The molecule has 2 rings (SSSR count). The molecule has 8 nitrogen and oxygen atoms in total. The van der Waals surface area contributed by atoms with Crippen LogP contribution in [0.3, 0.4) is 0 Å². The summed E-state index contributed by atoms with van der Waals surface area (Å²) in [4.78, 5) is 23.1. The minimum Gasteiger partial charge on any atom is -0.478 e. The molecule has 0 saturated carbocycles. The number of hydrogen-bond donors (Lipinski definition) is 2. The fourth-order valence-corrected chi connectivity index (χ4v) is 3.06. The Kier molecular flexibility index (Phi) is 12.8. The molecule has 190 valence electrons. The Hall–Kier alpha value is -3.66. The van der Waals surface area contributed by atoms with Gasteiger partial charge in [0.25, 0.3) is 0 Å². The second-order valence-electron chi connectivity index (χ2n) is 7.23. The zero-order valence-corrected chi connectivity index (χ0v) is 20.5. The monoisotopic (exact) mass is 494 g/mol. The van der Waals surface area contributed by atoms with Gasteiger partial charge in [0.05, 0.1) is 37.6 Å². The first-order valence-electron chi connectivity index (χ1n) is 11.5. The van der Waals surface area contributed by atoms with E-state index in [9.17, 15) is 19.8 Å². The van der Waals surface area contributed by atoms with Crippen LogP contribution in [0, 0.1) is 23.7 Å². The first-order valence-corrected chi connectivity index (χ1v) is 11.5. The maximum absolute atomic E-state index is 11.5. The van der Waals surface area contributed by atoms with E-state index in [2.05, 4.69) is 23.7 Å². The molecule has 36 heavy (non-hydrogen) atoms. The number of aromatic carboxylic acids is 2. The normalized spacial score (nSPS) is 10.2. The molecule has 0 spiro atoms. The molecule has 0 atom stereocenters. The summed E-state index contributed by atoms with van der Waals surface area (Å²) in [5.74, 6) is 9.59. The van der Waals surface area contributed by atoms with Gasteiger partial charge in [-0.3, -0.25) is 0 Å². The summed E-state index contributed by atoms with van der Waals surface area (Å²) >= 11 is 0. The van der Waals surface area contributed by atoms with Crippen LogP contribution in [0.25, 0.3) is 11.1 Å². The Balaban J connectivity index is 2.37. The van der Waals surface area contributed by atoms with Gasteiger partial charge >= 0.3 is 11.9 Å². The molecule has 0 saturated heterocycles. The maximum atomic E-state index is 11.5. The van der Waals surface area contributed by atoms with Gasteiger partial charge in [-0.2, -0.15) is 0 Å². The molecule has 0 amide bonds. The van der Waals surface area contributed by atoms with E-state index < -0.39 is 11.9 Å². The lowest BCUT2D eigenvalue weighted by atomic mass is 9.93. The molecular weight excluding hydrogens is 464 g/mol. The van der Waals surface area contributed by atoms with Crippen molar-refractivity contribution >= 4 is 11.9 Å². The fourth-order valence-electron chi connectivity index (χ4n) is 3.06. The molecule has 0 heterocycles. The van der Waals surface area contributed by atoms with Gasteiger partial charge in [0.15, 0.2) is 0 Å². The van der Waals surface area contributed by atoms with Gasteiger partial charge in [-0.1, -0.05) is 35.8 Å². The van der Waals surface area contributed by atoms with Crippen molar-refractivity contribution in [1.29, 1.82) is 0 Å². The third-order valence-electron chi connectivity index (χ3n) is 4.77. The highest BCUT2D eigenvalue weighted by Gasteiger charge is 2.14. The predicted molar refractivity (Wildman–Crippen MR) is 134 cm³/mol. The van der Waals surface area contributed by atoms with Crippen molar-refractivity contribution in [2.75, 3.05) is 52.9 Å². The topological polar surface area (TPSA) is 112 Å². The van der Waals surface area contributed by atoms with Gasteiger partial charge in [-0.25, -0.2) is 9.59 Å². The number of hydrogen-bond acceptors (Lipinski definition) is 6. The Morgan fingerprint density at radius 3 is 1.42 bits per heavy atom. The van der Waals surface area contributed by atoms with E-state index in [1.165, 1.54) is 24.3 Å². The van der Waals surface area contributed by atoms with E-state index in [0.29, 0.717) is 61.9 Å². The highest BCUT2D eigenvalue weighted by Crippen LogP contribution is 2.28. The number of ether oxygens (including phenoxy) is 4. The van der Waals surface area contributed by atoms with Gasteiger partial charge < -0.3 is 29.2 Å². The molecule has 0 unspecified atom stereocenters. The number of carbonyl (C=O) groups is 2. The van der Waals surface area contributed by atoms with Gasteiger partial charge in [0.1, 0.15) is 13.2 Å². The van der Waals surface area contributed by atoms with Crippen LogP contribution in [0.4, 0.5) is 0 Å². The SMILES string of the molecule is CCOCCOCC#Cc1cc(C(=O)O)ccc1-c1ccc(C(=O)O)cc1C#CCOCCOCC. The zero-order chi connectivity index (χ0) is 26.2. The molecule has 8 heteroatoms. The van der Waals surface area contributed by atoms with Crippen LogP contribution in [0.15, 0.2) is 36.4 Å². The van der Waals surface area contributed by atoms with Crippen molar-refractivity contribution in [1.82, 2.24) is 0 Å². The Morgan fingerprint density at radius 2 is 1.06 bits per heavy atom. The predicted octanol–water partition coefficient (Wildman–Crippen LogP) is 3.56. The summed E-state index contributed by atoms with van der Waals surface area (Å²) in [5, 5.41) is 18.9. The number of carboxylic acid groups (broad SMARTS) is 2. The minimum atomic E-state index is -1.08. The van der Waals surface area contributed by atoms with E-state index in [1.54, 1.807) is 12.1 Å². The van der Waals surface area contributed by atoms with E-state index in [4.69, 9.17) is 18.9 Å². The second-order valence-corrected chi connectivity index (χ2v) is 7.23. The molecule has 0 bridgehead atoms. The van der Waals surface area contributed by atoms with Gasteiger partial charge in [0.2, 0.25) is 0 Å². The molecule has 0 radical (unpaired) electrons. The zero-order valence-electron chi connectivity index (χ0n) is 20.5. The smallest absolute Gasteiger partial charge is 0.335 e. The van der Waals surface area contributed by atoms with Gasteiger partial charge in [0, 0.05) is 24.3 Å². The summed E-state index contributed by atoms with van der Waals surface area (Å²) in [7, 11) is 0. The molecule has 2 N–H and O–H groups in total. The van der Waals surface area contributed by atoms with E-state index in [0.717, 1.165) is 0 Å². The Labute approximate surface area is 211 Å². The van der Waals surface area contributed by atoms with Gasteiger partial charge in [-0.05, 0) is 49.2 Å². The molecule has 0 aliphatic carbocycles. The molecule has 2 aromatic carbocycles. The van der Waals surface area contributed by atoms with Crippen LogP contribution >= 0.6 is 0 Å². The maximum Gasteiger partial charge on any atom is 0.335 e. The standard InChI is InChI=1S/C28H30O8/c1-3-33-15-17-35-13-5-7-21-19-23(27(29)30)9-11-25(21)26-12-10-24(28(31)32)20-22(26)8-6-14-36-18-16-34-4-2/h9-12,19-20H,3-4,13-18H2,1-2H3,(H,29,30)(H,31,32). The third-order valence-corrected chi connectivity index (χ3v) is 4.77. The first-order chi connectivity index (χ1) is 17.5. The van der Waals surface area contributed by atoms with Crippen LogP contribution < -0.4 is 0 Å². The van der Waals surface area contributed by atoms with Crippen molar-refractivity contribution in [3.05, 3.63) is 58.7 Å². The second kappa shape index (κ2) is 16.1. The van der Waals surface area contributed by atoms with Crippen molar-refractivity contribution in [3.8, 4) is 34.8 Å². The van der Waals surface area contributed by atoms with Crippen LogP contribution in [0.1, 0.15) is 45.7 Å². The van der Waals surface area contributed by atoms with Crippen molar-refractivity contribution in [2.24, 2.45) is 0 Å². The minimum absolute atomic E-state index is 0.0813. The van der Waals surface area contributed by atoms with E-state index in [1.807, 2.05) is 13.8 Å². The number of rotatable bonds is 13. The summed E-state index contributed by atoms with van der Waals surface area (Å²) in [6.07, 6.45) is 0. The fraction of sp³-hybridized carbons (Fsp3) is 0.357. The summed E-state index contributed by atoms with van der Waals surface area (Å²) in [5.41, 5.74) is 2.33. The van der Waals surface area contributed by atoms with E-state index in [-0.39, 0.29) is 24.3 Å². The Bertz CT molecular complexity index is 1060. The number of benzene rings is 2. The highest BCUT2D eigenvalue weighted by atomic mass is 16.5. The lowest BCUT2D eigenvalue weighted by Gasteiger charge is -2.10. The quantitative estimate of drug-likeness (QED) is 0.321. The molecule has 0 aliphatic heterocycles. The van der Waals surface area contributed by atoms with Crippen LogP contribution in [-0.2, 0) is 18.9 Å². The lowest BCUT2D eigenvalue weighted by Crippen LogP contribution is -2.04. The molecule has 0 aliphatic rings. The summed E-state index contributed by atoms with van der Waals surface area (Å²) in [6, 6.07) is 9.18. The summed E-state index contributed by atoms with van der Waals surface area (Å²) in [6.45, 7) is 7.01. The van der Waals surface area contributed by atoms with Crippen LogP contribution in [-0.4, -0.2) is 75.0 Å². The molecule has 0 fully saturated rings. The summed E-state index contributed by atoms with van der Waals surface area (Å²) < 4.78 is 21.3. The third kappa shape index (κ3) is 9.53. The largest absolute Gasteiger partial charge is 0.478 e.